The lowest BCUT2D eigenvalue weighted by atomic mass is 10.0. The summed E-state index contributed by atoms with van der Waals surface area (Å²) in [4.78, 5) is 13.1. The first-order valence-electron chi connectivity index (χ1n) is 7.31. The molecule has 2 saturated carbocycles. The highest BCUT2D eigenvalue weighted by Crippen LogP contribution is 2.55. The van der Waals surface area contributed by atoms with Crippen LogP contribution in [0.4, 0.5) is 0 Å². The molecule has 0 radical (unpaired) electrons. The van der Waals surface area contributed by atoms with Gasteiger partial charge in [-0.05, 0) is 43.7 Å². The molecule has 0 aliphatic heterocycles. The summed E-state index contributed by atoms with van der Waals surface area (Å²) in [6.45, 7) is 1.88. The van der Waals surface area contributed by atoms with Crippen LogP contribution in [-0.2, 0) is 14.8 Å². The van der Waals surface area contributed by atoms with Gasteiger partial charge in [-0.1, -0.05) is 12.8 Å². The topological polar surface area (TPSA) is 89.3 Å². The Kier molecular flexibility index (Phi) is 3.83. The molecule has 116 valence electrons. The number of sulfonamides is 1. The second-order valence-corrected chi connectivity index (χ2v) is 8.97. The molecule has 0 saturated heterocycles. The first kappa shape index (κ1) is 15.0. The van der Waals surface area contributed by atoms with E-state index in [9.17, 15) is 13.2 Å². The number of thiophene rings is 1. The van der Waals surface area contributed by atoms with E-state index < -0.39 is 10.0 Å². The molecule has 2 aliphatic carbocycles. The largest absolute Gasteiger partial charge is 0.349 e. The Labute approximate surface area is 129 Å². The molecule has 7 heteroatoms. The van der Waals surface area contributed by atoms with Crippen molar-refractivity contribution in [2.45, 2.75) is 42.9 Å². The maximum absolute atomic E-state index is 12.3. The van der Waals surface area contributed by atoms with Gasteiger partial charge in [0.15, 0.2) is 0 Å². The van der Waals surface area contributed by atoms with E-state index in [2.05, 4.69) is 5.32 Å². The van der Waals surface area contributed by atoms with E-state index in [4.69, 9.17) is 5.14 Å². The summed E-state index contributed by atoms with van der Waals surface area (Å²) in [7, 11) is -3.66. The molecular formula is C14H20N2O3S2. The molecule has 3 rings (SSSR count). The van der Waals surface area contributed by atoms with Gasteiger partial charge in [-0.2, -0.15) is 0 Å². The number of carbonyl (C=O) groups is 1. The van der Waals surface area contributed by atoms with Gasteiger partial charge in [-0.3, -0.25) is 4.79 Å². The molecule has 3 atom stereocenters. The van der Waals surface area contributed by atoms with Gasteiger partial charge in [0.25, 0.3) is 0 Å². The number of hydrogen-bond donors (Lipinski definition) is 2. The Bertz CT molecular complexity index is 641. The number of nitrogens with two attached hydrogens (primary N) is 1. The van der Waals surface area contributed by atoms with Crippen LogP contribution in [0.1, 0.15) is 43.5 Å². The maximum Gasteiger partial charge on any atom is 0.247 e. The standard InChI is InChI=1S/C14H20N2O3S2/c1-8(11-6-7-12(20-11)21(15,18)19)16-14(17)13-9-4-2-3-5-10(9)13/h6-10,13H,2-5H2,1H3,(H,16,17)(H2,15,18,19). The van der Waals surface area contributed by atoms with E-state index in [1.165, 1.54) is 31.7 Å². The van der Waals surface area contributed by atoms with Crippen LogP contribution in [0.15, 0.2) is 16.3 Å². The summed E-state index contributed by atoms with van der Waals surface area (Å²) in [6.07, 6.45) is 4.82. The Morgan fingerprint density at radius 2 is 1.95 bits per heavy atom. The summed E-state index contributed by atoms with van der Waals surface area (Å²) in [5.74, 6) is 1.45. The van der Waals surface area contributed by atoms with Crippen molar-refractivity contribution >= 4 is 27.3 Å². The fourth-order valence-corrected chi connectivity index (χ4v) is 5.23. The molecule has 0 bridgehead atoms. The fourth-order valence-electron chi connectivity index (χ4n) is 3.48. The van der Waals surface area contributed by atoms with Crippen molar-refractivity contribution in [3.05, 3.63) is 17.0 Å². The number of amides is 1. The minimum atomic E-state index is -3.66. The van der Waals surface area contributed by atoms with E-state index in [1.54, 1.807) is 6.07 Å². The Morgan fingerprint density at radius 3 is 2.48 bits per heavy atom. The van der Waals surface area contributed by atoms with Crippen LogP contribution in [0.2, 0.25) is 0 Å². The van der Waals surface area contributed by atoms with Crippen LogP contribution in [-0.4, -0.2) is 14.3 Å². The zero-order valence-corrected chi connectivity index (χ0v) is 13.5. The summed E-state index contributed by atoms with van der Waals surface area (Å²) >= 11 is 1.12. The van der Waals surface area contributed by atoms with Crippen molar-refractivity contribution in [2.24, 2.45) is 22.9 Å². The number of primary sulfonamides is 1. The van der Waals surface area contributed by atoms with Gasteiger partial charge in [0.2, 0.25) is 15.9 Å². The number of nitrogens with one attached hydrogen (secondary N) is 1. The first-order chi connectivity index (χ1) is 9.88. The van der Waals surface area contributed by atoms with Gasteiger partial charge >= 0.3 is 0 Å². The number of carbonyl (C=O) groups excluding carboxylic acids is 1. The Morgan fingerprint density at radius 1 is 1.33 bits per heavy atom. The fraction of sp³-hybridized carbons (Fsp3) is 0.643. The van der Waals surface area contributed by atoms with Crippen LogP contribution >= 0.6 is 11.3 Å². The monoisotopic (exact) mass is 328 g/mol. The van der Waals surface area contributed by atoms with Crippen LogP contribution in [0, 0.1) is 17.8 Å². The quantitative estimate of drug-likeness (QED) is 0.886. The SMILES string of the molecule is CC(NC(=O)C1C2CCCCC21)c1ccc(S(N)(=O)=O)s1. The molecular weight excluding hydrogens is 308 g/mol. The summed E-state index contributed by atoms with van der Waals surface area (Å²) in [5.41, 5.74) is 0. The average molecular weight is 328 g/mol. The van der Waals surface area contributed by atoms with E-state index in [-0.39, 0.29) is 22.1 Å². The molecule has 3 N–H and O–H groups in total. The van der Waals surface area contributed by atoms with Crippen LogP contribution < -0.4 is 10.5 Å². The Hall–Kier alpha value is -0.920. The van der Waals surface area contributed by atoms with Crippen molar-refractivity contribution in [3.63, 3.8) is 0 Å². The van der Waals surface area contributed by atoms with Crippen molar-refractivity contribution in [1.29, 1.82) is 0 Å². The van der Waals surface area contributed by atoms with Crippen molar-refractivity contribution in [1.82, 2.24) is 5.32 Å². The lowest BCUT2D eigenvalue weighted by molar-refractivity contribution is -0.123. The van der Waals surface area contributed by atoms with Crippen molar-refractivity contribution in [3.8, 4) is 0 Å². The number of rotatable bonds is 4. The summed E-state index contributed by atoms with van der Waals surface area (Å²) in [6, 6.07) is 3.03. The third-order valence-corrected chi connectivity index (χ3v) is 7.33. The van der Waals surface area contributed by atoms with Crippen LogP contribution in [0.5, 0.6) is 0 Å². The highest BCUT2D eigenvalue weighted by molar-refractivity contribution is 7.91. The van der Waals surface area contributed by atoms with Gasteiger partial charge in [-0.15, -0.1) is 11.3 Å². The van der Waals surface area contributed by atoms with Crippen molar-refractivity contribution in [2.75, 3.05) is 0 Å². The highest BCUT2D eigenvalue weighted by Gasteiger charge is 2.54. The maximum atomic E-state index is 12.3. The Balaban J connectivity index is 1.62. The van der Waals surface area contributed by atoms with E-state index in [1.807, 2.05) is 6.92 Å². The molecule has 0 spiro atoms. The smallest absolute Gasteiger partial charge is 0.247 e. The lowest BCUT2D eigenvalue weighted by Gasteiger charge is -2.12. The summed E-state index contributed by atoms with van der Waals surface area (Å²) < 4.78 is 22.7. The predicted molar refractivity (Wildman–Crippen MR) is 81.2 cm³/mol. The van der Waals surface area contributed by atoms with Crippen LogP contribution in [0.3, 0.4) is 0 Å². The molecule has 3 unspecified atom stereocenters. The van der Waals surface area contributed by atoms with Crippen LogP contribution in [0.25, 0.3) is 0 Å². The van der Waals surface area contributed by atoms with E-state index in [0.29, 0.717) is 11.8 Å². The van der Waals surface area contributed by atoms with E-state index >= 15 is 0 Å². The molecule has 5 nitrogen and oxygen atoms in total. The molecule has 1 aromatic heterocycles. The molecule has 0 aromatic carbocycles. The third kappa shape index (κ3) is 3.00. The molecule has 1 heterocycles. The average Bonchev–Trinajstić information content (AvgIpc) is 2.91. The molecule has 1 aromatic rings. The highest BCUT2D eigenvalue weighted by atomic mass is 32.2. The normalized spacial score (nSPS) is 29.5. The number of fused-ring (bicyclic) bond motifs is 1. The predicted octanol–water partition coefficient (Wildman–Crippen LogP) is 2.01. The molecule has 2 aliphatic rings. The third-order valence-electron chi connectivity index (χ3n) is 4.63. The van der Waals surface area contributed by atoms with Gasteiger partial charge in [0.1, 0.15) is 4.21 Å². The summed E-state index contributed by atoms with van der Waals surface area (Å²) in [5, 5.41) is 8.12. The molecule has 21 heavy (non-hydrogen) atoms. The minimum Gasteiger partial charge on any atom is -0.349 e. The molecule has 1 amide bonds. The van der Waals surface area contributed by atoms with Gasteiger partial charge in [0, 0.05) is 10.8 Å². The number of hydrogen-bond acceptors (Lipinski definition) is 4. The zero-order valence-electron chi connectivity index (χ0n) is 11.9. The lowest BCUT2D eigenvalue weighted by Crippen LogP contribution is -2.28. The zero-order chi connectivity index (χ0) is 15.2. The van der Waals surface area contributed by atoms with Gasteiger partial charge in [-0.25, -0.2) is 13.6 Å². The van der Waals surface area contributed by atoms with Gasteiger partial charge in [0.05, 0.1) is 6.04 Å². The second-order valence-electron chi connectivity index (χ2n) is 6.07. The first-order valence-corrected chi connectivity index (χ1v) is 9.67. The van der Waals surface area contributed by atoms with Crippen molar-refractivity contribution < 1.29 is 13.2 Å². The molecule has 2 fully saturated rings. The second kappa shape index (κ2) is 5.37. The van der Waals surface area contributed by atoms with E-state index in [0.717, 1.165) is 16.2 Å². The van der Waals surface area contributed by atoms with Gasteiger partial charge < -0.3 is 5.32 Å². The minimum absolute atomic E-state index is 0.116.